The van der Waals surface area contributed by atoms with Gasteiger partial charge in [0.25, 0.3) is 0 Å². The number of hydrogen-bond donors (Lipinski definition) is 1. The van der Waals surface area contributed by atoms with Crippen molar-refractivity contribution in [1.29, 1.82) is 0 Å². The van der Waals surface area contributed by atoms with Crippen LogP contribution in [0.1, 0.15) is 45.1 Å². The molecule has 0 aliphatic rings. The first-order chi connectivity index (χ1) is 9.29. The largest absolute Gasteiger partial charge is 0.383 e. The third-order valence-corrected chi connectivity index (χ3v) is 3.68. The highest BCUT2D eigenvalue weighted by Crippen LogP contribution is 2.33. The average molecular weight is 264 g/mol. The van der Waals surface area contributed by atoms with Crippen LogP contribution in [0.25, 0.3) is 0 Å². The molecule has 1 N–H and O–H groups in total. The molecule has 19 heavy (non-hydrogen) atoms. The molecule has 0 aliphatic heterocycles. The Labute approximate surface area is 117 Å². The zero-order valence-electron chi connectivity index (χ0n) is 12.6. The van der Waals surface area contributed by atoms with E-state index in [0.29, 0.717) is 0 Å². The third-order valence-electron chi connectivity index (χ3n) is 3.68. The number of pyridine rings is 1. The molecular formula is C16H28N2O. The van der Waals surface area contributed by atoms with Gasteiger partial charge in [-0.1, -0.05) is 32.8 Å². The maximum atomic E-state index is 5.11. The lowest BCUT2D eigenvalue weighted by Crippen LogP contribution is -2.39. The van der Waals surface area contributed by atoms with Crippen LogP contribution in [-0.4, -0.2) is 31.8 Å². The number of rotatable bonds is 10. The van der Waals surface area contributed by atoms with Gasteiger partial charge in [0.15, 0.2) is 0 Å². The van der Waals surface area contributed by atoms with Crippen LogP contribution in [0.4, 0.5) is 0 Å². The standard InChI is InChI=1S/C16H28N2O/c1-4-8-16(9-5-2,14-18-11-12-19-3)15-7-6-10-17-13-15/h6-7,10,13,18H,4-5,8-9,11-12,14H2,1-3H3. The van der Waals surface area contributed by atoms with Gasteiger partial charge in [-0.15, -0.1) is 0 Å². The van der Waals surface area contributed by atoms with Crippen LogP contribution in [0.2, 0.25) is 0 Å². The SMILES string of the molecule is CCCC(CCC)(CNCCOC)c1cccnc1. The Hall–Kier alpha value is -0.930. The molecule has 1 aromatic heterocycles. The van der Waals surface area contributed by atoms with Crippen LogP contribution in [0.3, 0.4) is 0 Å². The predicted octanol–water partition coefficient (Wildman–Crippen LogP) is 3.16. The van der Waals surface area contributed by atoms with Gasteiger partial charge in [-0.2, -0.15) is 0 Å². The Morgan fingerprint density at radius 1 is 1.26 bits per heavy atom. The molecule has 3 heteroatoms. The molecule has 1 heterocycles. The number of hydrogen-bond acceptors (Lipinski definition) is 3. The Bertz CT molecular complexity index is 321. The molecule has 0 saturated carbocycles. The fraction of sp³-hybridized carbons (Fsp3) is 0.688. The Kier molecular flexibility index (Phi) is 7.68. The van der Waals surface area contributed by atoms with Crippen molar-refractivity contribution in [2.45, 2.75) is 44.9 Å². The zero-order valence-corrected chi connectivity index (χ0v) is 12.6. The van der Waals surface area contributed by atoms with Crippen molar-refractivity contribution in [3.63, 3.8) is 0 Å². The van der Waals surface area contributed by atoms with Crippen LogP contribution in [0, 0.1) is 0 Å². The minimum atomic E-state index is 0.214. The molecule has 1 aromatic rings. The fourth-order valence-electron chi connectivity index (χ4n) is 2.83. The highest BCUT2D eigenvalue weighted by Gasteiger charge is 2.30. The van der Waals surface area contributed by atoms with E-state index < -0.39 is 0 Å². The topological polar surface area (TPSA) is 34.1 Å². The zero-order chi connectivity index (χ0) is 14.0. The lowest BCUT2D eigenvalue weighted by atomic mass is 9.74. The highest BCUT2D eigenvalue weighted by molar-refractivity contribution is 5.22. The van der Waals surface area contributed by atoms with Crippen LogP contribution >= 0.6 is 0 Å². The normalized spacial score (nSPS) is 11.7. The summed E-state index contributed by atoms with van der Waals surface area (Å²) in [7, 11) is 1.74. The van der Waals surface area contributed by atoms with E-state index in [2.05, 4.69) is 30.2 Å². The number of ether oxygens (including phenoxy) is 1. The molecule has 108 valence electrons. The van der Waals surface area contributed by atoms with Gasteiger partial charge in [0.1, 0.15) is 0 Å². The predicted molar refractivity (Wildman–Crippen MR) is 80.5 cm³/mol. The van der Waals surface area contributed by atoms with Gasteiger partial charge in [0, 0.05) is 38.0 Å². The van der Waals surface area contributed by atoms with Crippen molar-refractivity contribution < 1.29 is 4.74 Å². The first-order valence-corrected chi connectivity index (χ1v) is 7.39. The molecule has 0 aromatic carbocycles. The summed E-state index contributed by atoms with van der Waals surface area (Å²) in [6, 6.07) is 4.26. The van der Waals surface area contributed by atoms with Crippen molar-refractivity contribution in [3.8, 4) is 0 Å². The summed E-state index contributed by atoms with van der Waals surface area (Å²) in [5, 5.41) is 3.54. The molecular weight excluding hydrogens is 236 g/mol. The first-order valence-electron chi connectivity index (χ1n) is 7.39. The summed E-state index contributed by atoms with van der Waals surface area (Å²) in [5.41, 5.74) is 1.58. The molecule has 0 fully saturated rings. The molecule has 0 amide bonds. The molecule has 0 radical (unpaired) electrons. The number of nitrogens with zero attached hydrogens (tertiary/aromatic N) is 1. The van der Waals surface area contributed by atoms with Gasteiger partial charge in [-0.3, -0.25) is 4.98 Å². The van der Waals surface area contributed by atoms with Gasteiger partial charge in [0.05, 0.1) is 6.61 Å². The van der Waals surface area contributed by atoms with E-state index in [9.17, 15) is 0 Å². The smallest absolute Gasteiger partial charge is 0.0587 e. The maximum Gasteiger partial charge on any atom is 0.0587 e. The van der Waals surface area contributed by atoms with E-state index in [4.69, 9.17) is 4.74 Å². The second-order valence-corrected chi connectivity index (χ2v) is 5.19. The van der Waals surface area contributed by atoms with E-state index in [0.717, 1.165) is 19.7 Å². The summed E-state index contributed by atoms with van der Waals surface area (Å²) in [6.45, 7) is 7.20. The average Bonchev–Trinajstić information content (AvgIpc) is 2.45. The van der Waals surface area contributed by atoms with Crippen LogP contribution < -0.4 is 5.32 Å². The molecule has 0 spiro atoms. The summed E-state index contributed by atoms with van der Waals surface area (Å²) in [4.78, 5) is 4.31. The van der Waals surface area contributed by atoms with Gasteiger partial charge < -0.3 is 10.1 Å². The quantitative estimate of drug-likeness (QED) is 0.659. The van der Waals surface area contributed by atoms with Crippen molar-refractivity contribution in [2.24, 2.45) is 0 Å². The maximum absolute atomic E-state index is 5.11. The van der Waals surface area contributed by atoms with Gasteiger partial charge in [-0.25, -0.2) is 0 Å². The number of methoxy groups -OCH3 is 1. The lowest BCUT2D eigenvalue weighted by molar-refractivity contribution is 0.194. The summed E-state index contributed by atoms with van der Waals surface area (Å²) < 4.78 is 5.11. The van der Waals surface area contributed by atoms with Gasteiger partial charge in [0.2, 0.25) is 0 Å². The van der Waals surface area contributed by atoms with E-state index in [1.807, 2.05) is 18.5 Å². The monoisotopic (exact) mass is 264 g/mol. The first kappa shape index (κ1) is 16.1. The minimum Gasteiger partial charge on any atom is -0.383 e. The number of aromatic nitrogens is 1. The van der Waals surface area contributed by atoms with E-state index in [1.54, 1.807) is 7.11 Å². The molecule has 0 saturated heterocycles. The second kappa shape index (κ2) is 9.05. The summed E-state index contributed by atoms with van der Waals surface area (Å²) >= 11 is 0. The Morgan fingerprint density at radius 3 is 2.53 bits per heavy atom. The molecule has 0 unspecified atom stereocenters. The highest BCUT2D eigenvalue weighted by atomic mass is 16.5. The van der Waals surface area contributed by atoms with E-state index in [1.165, 1.54) is 31.2 Å². The summed E-state index contributed by atoms with van der Waals surface area (Å²) in [5.74, 6) is 0. The van der Waals surface area contributed by atoms with Crippen molar-refractivity contribution in [2.75, 3.05) is 26.8 Å². The van der Waals surface area contributed by atoms with Crippen molar-refractivity contribution >= 4 is 0 Å². The van der Waals surface area contributed by atoms with Crippen molar-refractivity contribution in [3.05, 3.63) is 30.1 Å². The molecule has 0 aliphatic carbocycles. The van der Waals surface area contributed by atoms with E-state index >= 15 is 0 Å². The van der Waals surface area contributed by atoms with E-state index in [-0.39, 0.29) is 5.41 Å². The molecule has 0 atom stereocenters. The Morgan fingerprint density at radius 2 is 2.00 bits per heavy atom. The fourth-order valence-corrected chi connectivity index (χ4v) is 2.83. The molecule has 3 nitrogen and oxygen atoms in total. The van der Waals surface area contributed by atoms with Crippen LogP contribution in [0.15, 0.2) is 24.5 Å². The second-order valence-electron chi connectivity index (χ2n) is 5.19. The Balaban J connectivity index is 2.81. The van der Waals surface area contributed by atoms with Gasteiger partial charge in [-0.05, 0) is 24.5 Å². The van der Waals surface area contributed by atoms with Gasteiger partial charge >= 0.3 is 0 Å². The third kappa shape index (κ3) is 4.92. The minimum absolute atomic E-state index is 0.214. The van der Waals surface area contributed by atoms with Crippen LogP contribution in [-0.2, 0) is 10.2 Å². The van der Waals surface area contributed by atoms with Crippen LogP contribution in [0.5, 0.6) is 0 Å². The van der Waals surface area contributed by atoms with Crippen molar-refractivity contribution in [1.82, 2.24) is 10.3 Å². The summed E-state index contributed by atoms with van der Waals surface area (Å²) in [6.07, 6.45) is 8.68. The molecule has 0 bridgehead atoms. The lowest BCUT2D eigenvalue weighted by Gasteiger charge is -2.34. The number of nitrogens with one attached hydrogen (secondary N) is 1. The molecule has 1 rings (SSSR count).